The van der Waals surface area contributed by atoms with E-state index >= 15 is 0 Å². The summed E-state index contributed by atoms with van der Waals surface area (Å²) in [4.78, 5) is 12.2. The van der Waals surface area contributed by atoms with Crippen LogP contribution in [-0.2, 0) is 4.79 Å². The first-order chi connectivity index (χ1) is 12.0. The van der Waals surface area contributed by atoms with Crippen molar-refractivity contribution in [3.05, 3.63) is 58.1 Å². The smallest absolute Gasteiger partial charge is 0.234 e. The van der Waals surface area contributed by atoms with Crippen LogP contribution in [0.1, 0.15) is 11.1 Å². The lowest BCUT2D eigenvalue weighted by Crippen LogP contribution is -2.15. The monoisotopic (exact) mass is 417 g/mol. The van der Waals surface area contributed by atoms with Gasteiger partial charge < -0.3 is 5.32 Å². The standard InChI is InChI=1S/C17H16BrN5OS/c1-11-3-6-13(7-4-11)23-17(20-21-22-23)25-10-16(24)19-15-8-5-12(2)9-14(15)18/h3-9H,10H2,1-2H3,(H,19,24). The van der Waals surface area contributed by atoms with Gasteiger partial charge in [0.1, 0.15) is 0 Å². The Morgan fingerprint density at radius 2 is 1.88 bits per heavy atom. The Kier molecular flexibility index (Phi) is 5.50. The molecular weight excluding hydrogens is 402 g/mol. The number of tetrazole rings is 1. The number of hydrogen-bond acceptors (Lipinski definition) is 5. The van der Waals surface area contributed by atoms with E-state index in [1.165, 1.54) is 11.8 Å². The fourth-order valence-corrected chi connectivity index (χ4v) is 3.44. The number of nitrogens with one attached hydrogen (secondary N) is 1. The van der Waals surface area contributed by atoms with Crippen LogP contribution in [-0.4, -0.2) is 31.9 Å². The molecule has 0 spiro atoms. The summed E-state index contributed by atoms with van der Waals surface area (Å²) in [6.07, 6.45) is 0. The predicted molar refractivity (Wildman–Crippen MR) is 102 cm³/mol. The largest absolute Gasteiger partial charge is 0.324 e. The molecule has 0 fully saturated rings. The molecule has 3 rings (SSSR count). The highest BCUT2D eigenvalue weighted by molar-refractivity contribution is 9.10. The Labute approximate surface area is 158 Å². The highest BCUT2D eigenvalue weighted by Crippen LogP contribution is 2.24. The molecule has 0 aliphatic heterocycles. The van der Waals surface area contributed by atoms with Crippen LogP contribution in [0, 0.1) is 13.8 Å². The Morgan fingerprint density at radius 1 is 1.16 bits per heavy atom. The molecule has 0 atom stereocenters. The first-order valence-corrected chi connectivity index (χ1v) is 9.35. The van der Waals surface area contributed by atoms with Gasteiger partial charge in [0.15, 0.2) is 0 Å². The van der Waals surface area contributed by atoms with Crippen molar-refractivity contribution in [2.24, 2.45) is 0 Å². The van der Waals surface area contributed by atoms with Crippen LogP contribution in [0.25, 0.3) is 5.69 Å². The van der Waals surface area contributed by atoms with E-state index in [4.69, 9.17) is 0 Å². The average molecular weight is 418 g/mol. The van der Waals surface area contributed by atoms with Gasteiger partial charge in [0.2, 0.25) is 11.1 Å². The number of aromatic nitrogens is 4. The molecule has 0 bridgehead atoms. The maximum atomic E-state index is 12.2. The van der Waals surface area contributed by atoms with Crippen molar-refractivity contribution < 1.29 is 4.79 Å². The summed E-state index contributed by atoms with van der Waals surface area (Å²) < 4.78 is 2.48. The number of amides is 1. The van der Waals surface area contributed by atoms with Gasteiger partial charge >= 0.3 is 0 Å². The van der Waals surface area contributed by atoms with E-state index in [0.29, 0.717) is 5.16 Å². The molecule has 0 saturated heterocycles. The molecule has 8 heteroatoms. The second kappa shape index (κ2) is 7.79. The second-order valence-electron chi connectivity index (χ2n) is 5.53. The van der Waals surface area contributed by atoms with E-state index in [0.717, 1.165) is 27.0 Å². The fraction of sp³-hybridized carbons (Fsp3) is 0.176. The summed E-state index contributed by atoms with van der Waals surface area (Å²) in [6, 6.07) is 13.7. The van der Waals surface area contributed by atoms with Gasteiger partial charge in [-0.25, -0.2) is 0 Å². The molecule has 0 aliphatic rings. The summed E-state index contributed by atoms with van der Waals surface area (Å²) in [5.74, 6) is 0.0972. The van der Waals surface area contributed by atoms with E-state index in [1.54, 1.807) is 4.68 Å². The van der Waals surface area contributed by atoms with Gasteiger partial charge in [-0.1, -0.05) is 35.5 Å². The van der Waals surface area contributed by atoms with Crippen LogP contribution in [0.3, 0.4) is 0 Å². The third-order valence-corrected chi connectivity index (χ3v) is 5.03. The van der Waals surface area contributed by atoms with E-state index < -0.39 is 0 Å². The average Bonchev–Trinajstić information content (AvgIpc) is 3.05. The lowest BCUT2D eigenvalue weighted by Gasteiger charge is -2.08. The van der Waals surface area contributed by atoms with Gasteiger partial charge in [0.05, 0.1) is 17.1 Å². The molecule has 0 aliphatic carbocycles. The van der Waals surface area contributed by atoms with E-state index in [9.17, 15) is 4.79 Å². The number of carbonyl (C=O) groups is 1. The van der Waals surface area contributed by atoms with Crippen molar-refractivity contribution in [1.82, 2.24) is 20.2 Å². The van der Waals surface area contributed by atoms with Gasteiger partial charge in [-0.3, -0.25) is 4.79 Å². The van der Waals surface area contributed by atoms with Crippen LogP contribution in [0.15, 0.2) is 52.1 Å². The lowest BCUT2D eigenvalue weighted by atomic mass is 10.2. The zero-order valence-corrected chi connectivity index (χ0v) is 16.1. The summed E-state index contributed by atoms with van der Waals surface area (Å²) >= 11 is 4.74. The van der Waals surface area contributed by atoms with E-state index in [2.05, 4.69) is 36.8 Å². The van der Waals surface area contributed by atoms with E-state index in [1.807, 2.05) is 56.3 Å². The molecule has 3 aromatic rings. The van der Waals surface area contributed by atoms with Crippen molar-refractivity contribution >= 4 is 39.3 Å². The van der Waals surface area contributed by atoms with Crippen LogP contribution in [0.4, 0.5) is 5.69 Å². The molecule has 0 saturated carbocycles. The number of thioether (sulfide) groups is 1. The number of aryl methyl sites for hydroxylation is 2. The van der Waals surface area contributed by atoms with Gasteiger partial charge in [-0.15, -0.1) is 5.10 Å². The first-order valence-electron chi connectivity index (χ1n) is 7.57. The molecular formula is C17H16BrN5OS. The molecule has 1 heterocycles. The molecule has 0 radical (unpaired) electrons. The van der Waals surface area contributed by atoms with Crippen molar-refractivity contribution in [3.8, 4) is 5.69 Å². The minimum absolute atomic E-state index is 0.118. The predicted octanol–water partition coefficient (Wildman–Crippen LogP) is 3.77. The number of nitrogens with zero attached hydrogens (tertiary/aromatic N) is 4. The van der Waals surface area contributed by atoms with Crippen molar-refractivity contribution in [1.29, 1.82) is 0 Å². The molecule has 1 N–H and O–H groups in total. The quantitative estimate of drug-likeness (QED) is 0.639. The zero-order valence-electron chi connectivity index (χ0n) is 13.7. The number of carbonyl (C=O) groups excluding carboxylic acids is 1. The Morgan fingerprint density at radius 3 is 2.60 bits per heavy atom. The van der Waals surface area contributed by atoms with Gasteiger partial charge in [0.25, 0.3) is 0 Å². The van der Waals surface area contributed by atoms with Crippen molar-refractivity contribution in [3.63, 3.8) is 0 Å². The number of benzene rings is 2. The topological polar surface area (TPSA) is 72.7 Å². The fourth-order valence-electron chi connectivity index (χ4n) is 2.15. The summed E-state index contributed by atoms with van der Waals surface area (Å²) in [5.41, 5.74) is 3.89. The van der Waals surface area contributed by atoms with Gasteiger partial charge in [0, 0.05) is 4.47 Å². The highest BCUT2D eigenvalue weighted by atomic mass is 79.9. The molecule has 25 heavy (non-hydrogen) atoms. The SMILES string of the molecule is Cc1ccc(-n2nnnc2SCC(=O)Nc2ccc(C)cc2Br)cc1. The minimum atomic E-state index is -0.118. The summed E-state index contributed by atoms with van der Waals surface area (Å²) in [7, 11) is 0. The highest BCUT2D eigenvalue weighted by Gasteiger charge is 2.12. The number of rotatable bonds is 5. The van der Waals surface area contributed by atoms with Crippen LogP contribution < -0.4 is 5.32 Å². The third-order valence-electron chi connectivity index (χ3n) is 3.45. The number of anilines is 1. The molecule has 0 unspecified atom stereocenters. The maximum Gasteiger partial charge on any atom is 0.234 e. The summed E-state index contributed by atoms with van der Waals surface area (Å²) in [6.45, 7) is 4.02. The maximum absolute atomic E-state index is 12.2. The van der Waals surface area contributed by atoms with Crippen LogP contribution in [0.5, 0.6) is 0 Å². The number of halogens is 1. The molecule has 1 aromatic heterocycles. The summed E-state index contributed by atoms with van der Waals surface area (Å²) in [5, 5.41) is 15.2. The molecule has 1 amide bonds. The Hall–Kier alpha value is -2.19. The van der Waals surface area contributed by atoms with Crippen molar-refractivity contribution in [2.45, 2.75) is 19.0 Å². The molecule has 2 aromatic carbocycles. The minimum Gasteiger partial charge on any atom is -0.324 e. The lowest BCUT2D eigenvalue weighted by molar-refractivity contribution is -0.113. The van der Waals surface area contributed by atoms with E-state index in [-0.39, 0.29) is 11.7 Å². The van der Waals surface area contributed by atoms with Crippen LogP contribution >= 0.6 is 27.7 Å². The first kappa shape index (κ1) is 17.6. The molecule has 128 valence electrons. The normalized spacial score (nSPS) is 10.7. The zero-order chi connectivity index (χ0) is 17.8. The Balaban J connectivity index is 1.65. The molecule has 6 nitrogen and oxygen atoms in total. The van der Waals surface area contributed by atoms with Crippen molar-refractivity contribution in [2.75, 3.05) is 11.1 Å². The van der Waals surface area contributed by atoms with Gasteiger partial charge in [-0.2, -0.15) is 4.68 Å². The number of hydrogen-bond donors (Lipinski definition) is 1. The second-order valence-corrected chi connectivity index (χ2v) is 7.33. The Bertz CT molecular complexity index is 894. The third kappa shape index (κ3) is 4.46. The van der Waals surface area contributed by atoms with Crippen LogP contribution in [0.2, 0.25) is 0 Å². The van der Waals surface area contributed by atoms with Gasteiger partial charge in [-0.05, 0) is 70.0 Å².